The molecule has 0 radical (unpaired) electrons. The Labute approximate surface area is 139 Å². The molecule has 118 valence electrons. The maximum atomic E-state index is 5.62. The minimum absolute atomic E-state index is 0.670. The third-order valence-corrected chi connectivity index (χ3v) is 3.93. The monoisotopic (exact) mass is 315 g/mol. The number of unbranched alkanes of at least 4 members (excludes halogenated alkanes) is 2. The fraction of sp³-hybridized carbons (Fsp3) is 0.444. The lowest BCUT2D eigenvalue weighted by atomic mass is 10.3. The first kappa shape index (κ1) is 16.7. The standard InChI is InChI=1S/C18H25N3S/c1-3-5-12-20-14-15-21(13-6-4-2)18(20)17(22)19-16-10-8-7-9-11-16/h7-11,14-15H,3-6,12-13H2,1-2H3. The second-order valence-corrected chi connectivity index (χ2v) is 5.85. The van der Waals surface area contributed by atoms with Gasteiger partial charge in [-0.25, -0.2) is 9.13 Å². The Bertz CT molecular complexity index is 577. The van der Waals surface area contributed by atoms with E-state index >= 15 is 0 Å². The zero-order chi connectivity index (χ0) is 15.8. The first-order valence-electron chi connectivity index (χ1n) is 8.16. The van der Waals surface area contributed by atoms with Crippen LogP contribution in [0.25, 0.3) is 0 Å². The van der Waals surface area contributed by atoms with Gasteiger partial charge in [-0.1, -0.05) is 44.9 Å². The summed E-state index contributed by atoms with van der Waals surface area (Å²) in [7, 11) is 0. The molecule has 0 saturated heterocycles. The second-order valence-electron chi connectivity index (χ2n) is 5.47. The quantitative estimate of drug-likeness (QED) is 0.312. The number of hydrogen-bond acceptors (Lipinski definition) is 2. The Kier molecular flexibility index (Phi) is 6.59. The lowest BCUT2D eigenvalue weighted by molar-refractivity contribution is -0.697. The van der Waals surface area contributed by atoms with Crippen LogP contribution in [-0.2, 0) is 25.7 Å². The van der Waals surface area contributed by atoms with Crippen LogP contribution in [0.2, 0.25) is 0 Å². The molecular weight excluding hydrogens is 290 g/mol. The van der Waals surface area contributed by atoms with Crippen molar-refractivity contribution in [2.75, 3.05) is 0 Å². The van der Waals surface area contributed by atoms with Crippen molar-refractivity contribution in [2.24, 2.45) is 4.99 Å². The van der Waals surface area contributed by atoms with Gasteiger partial charge in [0, 0.05) is 5.04 Å². The van der Waals surface area contributed by atoms with Crippen molar-refractivity contribution in [3.63, 3.8) is 0 Å². The molecule has 0 aliphatic heterocycles. The number of aryl methyl sites for hydroxylation is 2. The summed E-state index contributed by atoms with van der Waals surface area (Å²) in [6, 6.07) is 9.95. The highest BCUT2D eigenvalue weighted by molar-refractivity contribution is 7.78. The predicted molar refractivity (Wildman–Crippen MR) is 94.4 cm³/mol. The Balaban J connectivity index is 2.32. The maximum Gasteiger partial charge on any atom is 0.280 e. The van der Waals surface area contributed by atoms with Gasteiger partial charge < -0.3 is 12.6 Å². The molecule has 2 aromatic rings. The van der Waals surface area contributed by atoms with Crippen LogP contribution in [0.4, 0.5) is 5.69 Å². The normalized spacial score (nSPS) is 11.8. The van der Waals surface area contributed by atoms with Gasteiger partial charge >= 0.3 is 0 Å². The van der Waals surface area contributed by atoms with Gasteiger partial charge in [0.1, 0.15) is 12.4 Å². The first-order chi connectivity index (χ1) is 10.8. The van der Waals surface area contributed by atoms with Gasteiger partial charge in [0.25, 0.3) is 5.82 Å². The molecule has 0 saturated carbocycles. The number of aromatic nitrogens is 2. The van der Waals surface area contributed by atoms with Gasteiger partial charge in [0.2, 0.25) is 0 Å². The molecule has 0 spiro atoms. The van der Waals surface area contributed by atoms with Crippen molar-refractivity contribution < 1.29 is 4.57 Å². The number of hydrogen-bond donors (Lipinski definition) is 0. The Morgan fingerprint density at radius 1 is 1.14 bits per heavy atom. The Hall–Kier alpha value is -1.68. The molecule has 0 amide bonds. The summed E-state index contributed by atoms with van der Waals surface area (Å²) in [5, 5.41) is 0.670. The Morgan fingerprint density at radius 2 is 1.86 bits per heavy atom. The summed E-state index contributed by atoms with van der Waals surface area (Å²) >= 11 is 5.62. The first-order valence-corrected chi connectivity index (χ1v) is 8.56. The highest BCUT2D eigenvalue weighted by Gasteiger charge is 2.16. The molecule has 22 heavy (non-hydrogen) atoms. The number of nitrogens with zero attached hydrogens (tertiary/aromatic N) is 3. The highest BCUT2D eigenvalue weighted by Crippen LogP contribution is 2.12. The van der Waals surface area contributed by atoms with Crippen molar-refractivity contribution in [2.45, 2.75) is 52.6 Å². The molecule has 0 fully saturated rings. The molecule has 1 aromatic carbocycles. The summed E-state index contributed by atoms with van der Waals surface area (Å²) in [5.74, 6) is 1.06. The van der Waals surface area contributed by atoms with E-state index in [0.29, 0.717) is 5.04 Å². The van der Waals surface area contributed by atoms with Gasteiger partial charge in [-0.15, -0.1) is 0 Å². The van der Waals surface area contributed by atoms with Crippen LogP contribution < -0.4 is 4.57 Å². The van der Waals surface area contributed by atoms with Crippen LogP contribution in [0.1, 0.15) is 45.4 Å². The van der Waals surface area contributed by atoms with Crippen LogP contribution in [0.3, 0.4) is 0 Å². The molecule has 0 aliphatic rings. The maximum absolute atomic E-state index is 5.62. The SMILES string of the molecule is CCCCn1cc[n+](CCCC)c1C([S-])=Nc1ccccc1. The van der Waals surface area contributed by atoms with E-state index in [-0.39, 0.29) is 0 Å². The largest absolute Gasteiger partial charge is 0.752 e. The van der Waals surface area contributed by atoms with E-state index < -0.39 is 0 Å². The molecule has 4 heteroatoms. The van der Waals surface area contributed by atoms with Gasteiger partial charge in [-0.2, -0.15) is 0 Å². The lowest BCUT2D eigenvalue weighted by Gasteiger charge is -2.11. The van der Waals surface area contributed by atoms with Gasteiger partial charge in [-0.3, -0.25) is 4.99 Å². The van der Waals surface area contributed by atoms with Crippen molar-refractivity contribution in [1.29, 1.82) is 0 Å². The average molecular weight is 315 g/mol. The van der Waals surface area contributed by atoms with Crippen LogP contribution in [0, 0.1) is 0 Å². The summed E-state index contributed by atoms with van der Waals surface area (Å²) in [5.41, 5.74) is 0.915. The van der Waals surface area contributed by atoms with Crippen LogP contribution in [0.5, 0.6) is 0 Å². The molecular formula is C18H25N3S. The molecule has 0 bridgehead atoms. The topological polar surface area (TPSA) is 21.2 Å². The van der Waals surface area contributed by atoms with Crippen molar-refractivity contribution in [1.82, 2.24) is 4.57 Å². The van der Waals surface area contributed by atoms with Crippen molar-refractivity contribution in [3.05, 3.63) is 48.5 Å². The fourth-order valence-corrected chi connectivity index (χ4v) is 2.74. The van der Waals surface area contributed by atoms with Crippen LogP contribution in [0.15, 0.2) is 47.7 Å². The zero-order valence-electron chi connectivity index (χ0n) is 13.5. The van der Waals surface area contributed by atoms with Crippen molar-refractivity contribution in [3.8, 4) is 0 Å². The second kappa shape index (κ2) is 8.69. The van der Waals surface area contributed by atoms with Crippen molar-refractivity contribution >= 4 is 23.4 Å². The van der Waals surface area contributed by atoms with Gasteiger partial charge in [0.05, 0.1) is 18.8 Å². The number of aliphatic imine (C=N–C) groups is 1. The molecule has 3 nitrogen and oxygen atoms in total. The predicted octanol–water partition coefficient (Wildman–Crippen LogP) is 4.00. The Morgan fingerprint density at radius 3 is 2.55 bits per heavy atom. The molecule has 0 atom stereocenters. The van der Waals surface area contributed by atoms with Gasteiger partial charge in [0.15, 0.2) is 0 Å². The van der Waals surface area contributed by atoms with Gasteiger partial charge in [-0.05, 0) is 25.0 Å². The summed E-state index contributed by atoms with van der Waals surface area (Å²) in [6.45, 7) is 6.41. The fourth-order valence-electron chi connectivity index (χ4n) is 2.40. The molecule has 0 aliphatic carbocycles. The van der Waals surface area contributed by atoms with E-state index in [1.54, 1.807) is 0 Å². The van der Waals surface area contributed by atoms with Crippen LogP contribution in [-0.4, -0.2) is 9.61 Å². The molecule has 0 unspecified atom stereocenters. The molecule has 1 heterocycles. The number of benzene rings is 1. The van der Waals surface area contributed by atoms with Crippen LogP contribution >= 0.6 is 0 Å². The van der Waals surface area contributed by atoms with E-state index in [4.69, 9.17) is 12.6 Å². The molecule has 0 N–H and O–H groups in total. The van der Waals surface area contributed by atoms with E-state index in [2.05, 4.69) is 40.4 Å². The summed E-state index contributed by atoms with van der Waals surface area (Å²) in [6.07, 6.45) is 8.93. The van der Waals surface area contributed by atoms with E-state index in [9.17, 15) is 0 Å². The smallest absolute Gasteiger partial charge is 0.280 e. The minimum Gasteiger partial charge on any atom is -0.752 e. The lowest BCUT2D eigenvalue weighted by Crippen LogP contribution is -2.39. The van der Waals surface area contributed by atoms with E-state index in [0.717, 1.165) is 37.4 Å². The minimum atomic E-state index is 0.670. The molecule has 2 rings (SSSR count). The third kappa shape index (κ3) is 4.41. The highest BCUT2D eigenvalue weighted by atomic mass is 32.1. The van der Waals surface area contributed by atoms with E-state index in [1.807, 2.05) is 30.3 Å². The zero-order valence-corrected chi connectivity index (χ0v) is 14.4. The summed E-state index contributed by atoms with van der Waals surface area (Å²) in [4.78, 5) is 4.63. The average Bonchev–Trinajstić information content (AvgIpc) is 2.94. The number of imidazole rings is 1. The third-order valence-electron chi connectivity index (χ3n) is 3.65. The molecule has 1 aromatic heterocycles. The summed E-state index contributed by atoms with van der Waals surface area (Å²) < 4.78 is 4.49. The number of rotatable bonds is 8. The number of para-hydroxylation sites is 1. The van der Waals surface area contributed by atoms with E-state index in [1.165, 1.54) is 12.8 Å².